The second kappa shape index (κ2) is 12.1. The number of nitrogens with zero attached hydrogens (tertiary/aromatic N) is 2. The third-order valence-corrected chi connectivity index (χ3v) is 6.48. The van der Waals surface area contributed by atoms with Gasteiger partial charge in [-0.2, -0.15) is 0 Å². The fourth-order valence-electron chi connectivity index (χ4n) is 4.48. The average Bonchev–Trinajstić information content (AvgIpc) is 3.20. The summed E-state index contributed by atoms with van der Waals surface area (Å²) in [5.74, 6) is 0.0313. The third-order valence-electron chi connectivity index (χ3n) is 6.48. The molecule has 1 aromatic carbocycles. The van der Waals surface area contributed by atoms with Crippen LogP contribution in [0, 0.1) is 12.8 Å². The van der Waals surface area contributed by atoms with Crippen molar-refractivity contribution in [2.75, 3.05) is 50.9 Å². The zero-order valence-electron chi connectivity index (χ0n) is 20.6. The molecule has 2 fully saturated rings. The first-order valence-electron chi connectivity index (χ1n) is 11.9. The van der Waals surface area contributed by atoms with Gasteiger partial charge in [0.05, 0.1) is 32.9 Å². The molecule has 34 heavy (non-hydrogen) atoms. The van der Waals surface area contributed by atoms with Crippen LogP contribution in [0.5, 0.6) is 0 Å². The van der Waals surface area contributed by atoms with Gasteiger partial charge >= 0.3 is 6.09 Å². The molecule has 0 aliphatic carbocycles. The van der Waals surface area contributed by atoms with Crippen molar-refractivity contribution in [3.8, 4) is 0 Å². The van der Waals surface area contributed by atoms with E-state index in [2.05, 4.69) is 35.4 Å². The van der Waals surface area contributed by atoms with Gasteiger partial charge < -0.3 is 19.9 Å². The molecule has 2 saturated heterocycles. The fraction of sp³-hybridized carbons (Fsp3) is 0.538. The van der Waals surface area contributed by atoms with Crippen molar-refractivity contribution in [3.05, 3.63) is 47.6 Å². The third kappa shape index (κ3) is 6.46. The Hall–Kier alpha value is -2.68. The van der Waals surface area contributed by atoms with Crippen molar-refractivity contribution in [2.45, 2.75) is 39.8 Å². The summed E-state index contributed by atoms with van der Waals surface area (Å²) in [5, 5.41) is 12.7. The highest BCUT2D eigenvalue weighted by Gasteiger charge is 2.32. The van der Waals surface area contributed by atoms with Gasteiger partial charge in [-0.15, -0.1) is 0 Å². The van der Waals surface area contributed by atoms with E-state index >= 15 is 0 Å². The van der Waals surface area contributed by atoms with Crippen LogP contribution in [0.15, 0.2) is 36.4 Å². The van der Waals surface area contributed by atoms with E-state index in [0.717, 1.165) is 35.5 Å². The molecule has 2 aliphatic heterocycles. The Kier molecular flexibility index (Phi) is 9.27. The minimum Gasteiger partial charge on any atom is -0.442 e. The maximum Gasteiger partial charge on any atom is 0.414 e. The number of carbonyl (C=O) groups excluding carboxylic acids is 2. The summed E-state index contributed by atoms with van der Waals surface area (Å²) in [4.78, 5) is 27.4. The van der Waals surface area contributed by atoms with Crippen LogP contribution >= 0.6 is 0 Å². The lowest BCUT2D eigenvalue weighted by molar-refractivity contribution is -0.119. The Morgan fingerprint density at radius 3 is 2.68 bits per heavy atom. The van der Waals surface area contributed by atoms with E-state index in [4.69, 9.17) is 9.47 Å². The van der Waals surface area contributed by atoms with E-state index in [1.807, 2.05) is 32.0 Å². The van der Waals surface area contributed by atoms with Crippen LogP contribution in [0.1, 0.15) is 31.9 Å². The summed E-state index contributed by atoms with van der Waals surface area (Å²) in [5.41, 5.74) is 4.00. The van der Waals surface area contributed by atoms with Gasteiger partial charge in [0.25, 0.3) is 0 Å². The molecule has 2 aliphatic rings. The lowest BCUT2D eigenvalue weighted by atomic mass is 9.95. The zero-order valence-corrected chi connectivity index (χ0v) is 20.6. The Labute approximate surface area is 202 Å². The number of amides is 2. The molecule has 8 nitrogen and oxygen atoms in total. The molecule has 0 saturated carbocycles. The number of aryl methyl sites for hydroxylation is 1. The maximum atomic E-state index is 12.4. The minimum absolute atomic E-state index is 0.0633. The van der Waals surface area contributed by atoms with Gasteiger partial charge in [0.15, 0.2) is 0 Å². The number of rotatable bonds is 9. The summed E-state index contributed by atoms with van der Waals surface area (Å²) >= 11 is 0. The number of allylic oxidation sites excluding steroid dienone is 3. The molecule has 0 radical (unpaired) electrons. The van der Waals surface area contributed by atoms with Gasteiger partial charge in [-0.1, -0.05) is 31.2 Å². The van der Waals surface area contributed by atoms with Crippen molar-refractivity contribution >= 4 is 23.3 Å². The molecule has 2 unspecified atom stereocenters. The Morgan fingerprint density at radius 2 is 2.06 bits per heavy atom. The highest BCUT2D eigenvalue weighted by molar-refractivity contribution is 5.90. The van der Waals surface area contributed by atoms with Gasteiger partial charge in [-0.3, -0.25) is 14.6 Å². The molecule has 2 N–H and O–H groups in total. The number of hydrogen-bond acceptors (Lipinski definition) is 6. The van der Waals surface area contributed by atoms with E-state index in [9.17, 15) is 14.7 Å². The molecular weight excluding hydrogens is 434 g/mol. The van der Waals surface area contributed by atoms with Gasteiger partial charge in [-0.05, 0) is 48.6 Å². The molecule has 0 aromatic heterocycles. The van der Waals surface area contributed by atoms with Crippen LogP contribution in [0.25, 0.3) is 5.57 Å². The quantitative estimate of drug-likeness (QED) is 0.538. The number of aliphatic hydroxyl groups is 1. The summed E-state index contributed by atoms with van der Waals surface area (Å²) in [7, 11) is 0. The van der Waals surface area contributed by atoms with Crippen LogP contribution in [0.4, 0.5) is 10.5 Å². The second-order valence-electron chi connectivity index (χ2n) is 8.91. The van der Waals surface area contributed by atoms with E-state index in [-0.39, 0.29) is 30.6 Å². The van der Waals surface area contributed by atoms with Crippen molar-refractivity contribution in [1.82, 2.24) is 10.2 Å². The van der Waals surface area contributed by atoms with Crippen LogP contribution in [-0.4, -0.2) is 80.2 Å². The van der Waals surface area contributed by atoms with Crippen molar-refractivity contribution < 1.29 is 24.2 Å². The largest absolute Gasteiger partial charge is 0.442 e. The average molecular weight is 472 g/mol. The molecule has 0 spiro atoms. The van der Waals surface area contributed by atoms with E-state index in [1.165, 1.54) is 6.92 Å². The smallest absolute Gasteiger partial charge is 0.414 e. The first kappa shape index (κ1) is 25.9. The lowest BCUT2D eigenvalue weighted by Gasteiger charge is -2.36. The highest BCUT2D eigenvalue weighted by Crippen LogP contribution is 2.28. The topological polar surface area (TPSA) is 91.3 Å². The second-order valence-corrected chi connectivity index (χ2v) is 8.91. The number of carbonyl (C=O) groups is 2. The van der Waals surface area contributed by atoms with E-state index in [0.29, 0.717) is 26.3 Å². The van der Waals surface area contributed by atoms with Crippen LogP contribution in [0.2, 0.25) is 0 Å². The number of nitrogens with one attached hydrogen (secondary N) is 1. The number of anilines is 1. The van der Waals surface area contributed by atoms with Gasteiger partial charge in [0.1, 0.15) is 6.10 Å². The number of morpholine rings is 1. The molecule has 3 rings (SSSR count). The van der Waals surface area contributed by atoms with Crippen molar-refractivity contribution in [2.24, 2.45) is 5.92 Å². The molecule has 186 valence electrons. The Bertz CT molecular complexity index is 923. The van der Waals surface area contributed by atoms with Crippen LogP contribution < -0.4 is 10.2 Å². The molecule has 0 bridgehead atoms. The standard InChI is InChI=1S/C26H37N3O5/c1-5-21(7-6-18(2)25(17-30)28-10-12-33-13-11-28)24-9-8-22(14-19(24)3)29-16-23(34-26(29)32)15-27-20(4)31/h5-9,14,18,23,25,30H,10-13,15-17H2,1-4H3,(H,27,31)/b7-6-,21-5+/t18?,23-,25?/m0/s1. The molecular formula is C26H37N3O5. The van der Waals surface area contributed by atoms with Crippen molar-refractivity contribution in [3.63, 3.8) is 0 Å². The highest BCUT2D eigenvalue weighted by atomic mass is 16.6. The minimum atomic E-state index is -0.402. The zero-order chi connectivity index (χ0) is 24.7. The molecule has 2 heterocycles. The summed E-state index contributed by atoms with van der Waals surface area (Å²) in [6.45, 7) is 11.5. The van der Waals surface area contributed by atoms with Crippen LogP contribution in [-0.2, 0) is 14.3 Å². The fourth-order valence-corrected chi connectivity index (χ4v) is 4.48. The summed E-state index contributed by atoms with van der Waals surface area (Å²) in [6, 6.07) is 6.00. The maximum absolute atomic E-state index is 12.4. The van der Waals surface area contributed by atoms with E-state index < -0.39 is 6.09 Å². The Morgan fingerprint density at radius 1 is 1.32 bits per heavy atom. The SMILES string of the molecule is C/C=C(\C=C/C(C)C(CO)N1CCOCC1)c1ccc(N2C[C@H](CNC(C)=O)OC2=O)cc1C. The predicted molar refractivity (Wildman–Crippen MR) is 133 cm³/mol. The normalized spacial score (nSPS) is 21.6. The number of benzene rings is 1. The first-order chi connectivity index (χ1) is 16.3. The molecule has 3 atom stereocenters. The summed E-state index contributed by atoms with van der Waals surface area (Å²) < 4.78 is 10.8. The van der Waals surface area contributed by atoms with Gasteiger partial charge in [0, 0.05) is 31.7 Å². The van der Waals surface area contributed by atoms with Gasteiger partial charge in [-0.25, -0.2) is 4.79 Å². The summed E-state index contributed by atoms with van der Waals surface area (Å²) in [6.07, 6.45) is 5.58. The van der Waals surface area contributed by atoms with Crippen LogP contribution in [0.3, 0.4) is 0 Å². The van der Waals surface area contributed by atoms with Crippen molar-refractivity contribution in [1.29, 1.82) is 0 Å². The first-order valence-corrected chi connectivity index (χ1v) is 11.9. The van der Waals surface area contributed by atoms with Gasteiger partial charge in [0.2, 0.25) is 5.91 Å². The number of ether oxygens (including phenoxy) is 2. The van der Waals surface area contributed by atoms with E-state index in [1.54, 1.807) is 4.90 Å². The number of cyclic esters (lactones) is 1. The Balaban J connectivity index is 1.69. The number of hydrogen-bond donors (Lipinski definition) is 2. The predicted octanol–water partition coefficient (Wildman–Crippen LogP) is 2.75. The monoisotopic (exact) mass is 471 g/mol. The molecule has 8 heteroatoms. The molecule has 1 aromatic rings. The molecule has 2 amide bonds. The lowest BCUT2D eigenvalue weighted by Crippen LogP contribution is -2.47. The number of aliphatic hydroxyl groups excluding tert-OH is 1.